The number of benzene rings is 1. The van der Waals surface area contributed by atoms with Gasteiger partial charge in [-0.1, -0.05) is 36.4 Å². The predicted molar refractivity (Wildman–Crippen MR) is 66.6 cm³/mol. The third kappa shape index (κ3) is 1.83. The maximum Gasteiger partial charge on any atom is 0.0753 e. The summed E-state index contributed by atoms with van der Waals surface area (Å²) < 4.78 is 0. The van der Waals surface area contributed by atoms with Crippen molar-refractivity contribution >= 4 is 10.9 Å². The lowest BCUT2D eigenvalue weighted by atomic mass is 9.99. The number of para-hydroxylation sites is 1. The van der Waals surface area contributed by atoms with E-state index < -0.39 is 0 Å². The molecule has 3 N–H and O–H groups in total. The summed E-state index contributed by atoms with van der Waals surface area (Å²) in [5.74, 6) is 5.56. The Morgan fingerprint density at radius 3 is 2.81 bits per heavy atom. The zero-order valence-electron chi connectivity index (χ0n) is 9.27. The molecule has 0 saturated heterocycles. The maximum absolute atomic E-state index is 5.56. The van der Waals surface area contributed by atoms with Crippen LogP contribution in [0, 0.1) is 0 Å². The smallest absolute Gasteiger partial charge is 0.0753 e. The summed E-state index contributed by atoms with van der Waals surface area (Å²) in [7, 11) is 0. The number of hydrogen-bond donors (Lipinski definition) is 2. The summed E-state index contributed by atoms with van der Waals surface area (Å²) in [5, 5.41) is 1.11. The van der Waals surface area contributed by atoms with E-state index in [9.17, 15) is 0 Å². The highest BCUT2D eigenvalue weighted by atomic mass is 15.2. The number of fused-ring (bicyclic) bond motifs is 1. The monoisotopic (exact) mass is 213 g/mol. The van der Waals surface area contributed by atoms with E-state index in [0.29, 0.717) is 0 Å². The molecule has 1 atom stereocenters. The second-order valence-corrected chi connectivity index (χ2v) is 3.87. The predicted octanol–water partition coefficient (Wildman–Crippen LogP) is 2.32. The van der Waals surface area contributed by atoms with E-state index in [1.165, 1.54) is 0 Å². The molecule has 2 rings (SSSR count). The van der Waals surface area contributed by atoms with Gasteiger partial charge in [0.2, 0.25) is 0 Å². The summed E-state index contributed by atoms with van der Waals surface area (Å²) in [6.07, 6.45) is 1.79. The number of nitrogens with two attached hydrogens (primary N) is 1. The summed E-state index contributed by atoms with van der Waals surface area (Å²) in [6.45, 7) is 5.89. The highest BCUT2D eigenvalue weighted by Crippen LogP contribution is 2.25. The van der Waals surface area contributed by atoms with Gasteiger partial charge in [-0.2, -0.15) is 0 Å². The van der Waals surface area contributed by atoms with Gasteiger partial charge in [0.1, 0.15) is 0 Å². The molecule has 82 valence electrons. The van der Waals surface area contributed by atoms with Gasteiger partial charge in [-0.05, 0) is 13.0 Å². The van der Waals surface area contributed by atoms with Gasteiger partial charge in [0.05, 0.1) is 11.6 Å². The van der Waals surface area contributed by atoms with Crippen LogP contribution in [0.15, 0.2) is 48.7 Å². The first kappa shape index (κ1) is 10.8. The minimum atomic E-state index is -0.0569. The number of nitrogens with zero attached hydrogens (tertiary/aromatic N) is 1. The van der Waals surface area contributed by atoms with E-state index in [2.05, 4.69) is 17.0 Å². The average Bonchev–Trinajstić information content (AvgIpc) is 2.30. The number of nitrogens with one attached hydrogen (secondary N) is 1. The standard InChI is InChI=1S/C13H15N3/c1-9(2)12(16-14)11-7-3-5-10-6-4-8-15-13(10)11/h3-8,12,16H,1,14H2,2H3. The SMILES string of the molecule is C=C(C)C(NN)c1cccc2cccnc12. The highest BCUT2D eigenvalue weighted by Gasteiger charge is 2.13. The van der Waals surface area contributed by atoms with Crippen LogP contribution in [0.4, 0.5) is 0 Å². The Balaban J connectivity index is 2.63. The molecule has 0 aliphatic heterocycles. The van der Waals surface area contributed by atoms with Crippen LogP contribution in [0.5, 0.6) is 0 Å². The van der Waals surface area contributed by atoms with Crippen LogP contribution in [0.2, 0.25) is 0 Å². The zero-order valence-corrected chi connectivity index (χ0v) is 9.27. The molecule has 0 aliphatic carbocycles. The van der Waals surface area contributed by atoms with Gasteiger partial charge < -0.3 is 0 Å². The van der Waals surface area contributed by atoms with Crippen molar-refractivity contribution in [3.8, 4) is 0 Å². The quantitative estimate of drug-likeness (QED) is 0.467. The van der Waals surface area contributed by atoms with Gasteiger partial charge in [-0.15, -0.1) is 0 Å². The van der Waals surface area contributed by atoms with Crippen LogP contribution in [-0.4, -0.2) is 4.98 Å². The van der Waals surface area contributed by atoms with E-state index >= 15 is 0 Å². The molecule has 0 bridgehead atoms. The summed E-state index contributed by atoms with van der Waals surface area (Å²) >= 11 is 0. The van der Waals surface area contributed by atoms with Crippen LogP contribution >= 0.6 is 0 Å². The molecule has 1 aromatic heterocycles. The molecule has 16 heavy (non-hydrogen) atoms. The van der Waals surface area contributed by atoms with Gasteiger partial charge in [0.15, 0.2) is 0 Å². The van der Waals surface area contributed by atoms with Crippen molar-refractivity contribution in [1.29, 1.82) is 0 Å². The Labute approximate surface area is 95.0 Å². The molecule has 0 saturated carbocycles. The van der Waals surface area contributed by atoms with Crippen molar-refractivity contribution in [2.45, 2.75) is 13.0 Å². The van der Waals surface area contributed by atoms with Gasteiger partial charge in [0, 0.05) is 17.1 Å². The first-order valence-electron chi connectivity index (χ1n) is 5.19. The van der Waals surface area contributed by atoms with E-state index in [1.807, 2.05) is 37.3 Å². The largest absolute Gasteiger partial charge is 0.271 e. The van der Waals surface area contributed by atoms with Crippen LogP contribution in [-0.2, 0) is 0 Å². The fraction of sp³-hybridized carbons (Fsp3) is 0.154. The number of hydrogen-bond acceptors (Lipinski definition) is 3. The molecule has 1 aromatic carbocycles. The molecule has 2 aromatic rings. The molecule has 1 unspecified atom stereocenters. The lowest BCUT2D eigenvalue weighted by Crippen LogP contribution is -2.28. The molecule has 0 aliphatic rings. The summed E-state index contributed by atoms with van der Waals surface area (Å²) in [5.41, 5.74) is 5.77. The second-order valence-electron chi connectivity index (χ2n) is 3.87. The van der Waals surface area contributed by atoms with Gasteiger partial charge >= 0.3 is 0 Å². The Morgan fingerprint density at radius 2 is 2.12 bits per heavy atom. The van der Waals surface area contributed by atoms with Crippen molar-refractivity contribution in [2.75, 3.05) is 0 Å². The third-order valence-corrected chi connectivity index (χ3v) is 2.63. The first-order chi connectivity index (χ1) is 7.74. The zero-order chi connectivity index (χ0) is 11.5. The van der Waals surface area contributed by atoms with Gasteiger partial charge in [0.25, 0.3) is 0 Å². The fourth-order valence-corrected chi connectivity index (χ4v) is 1.86. The third-order valence-electron chi connectivity index (χ3n) is 2.63. The molecular weight excluding hydrogens is 198 g/mol. The molecule has 1 heterocycles. The Bertz CT molecular complexity index is 514. The summed E-state index contributed by atoms with van der Waals surface area (Å²) in [4.78, 5) is 4.40. The van der Waals surface area contributed by atoms with E-state index in [-0.39, 0.29) is 6.04 Å². The van der Waals surface area contributed by atoms with Crippen molar-refractivity contribution < 1.29 is 0 Å². The summed E-state index contributed by atoms with van der Waals surface area (Å²) in [6, 6.07) is 9.98. The normalized spacial score (nSPS) is 12.6. The lowest BCUT2D eigenvalue weighted by molar-refractivity contribution is 0.630. The maximum atomic E-state index is 5.56. The molecule has 0 amide bonds. The average molecular weight is 213 g/mol. The molecule has 0 spiro atoms. The first-order valence-corrected chi connectivity index (χ1v) is 5.19. The van der Waals surface area contributed by atoms with Crippen LogP contribution in [0.3, 0.4) is 0 Å². The van der Waals surface area contributed by atoms with Crippen molar-refractivity contribution in [1.82, 2.24) is 10.4 Å². The molecular formula is C13H15N3. The number of aromatic nitrogens is 1. The van der Waals surface area contributed by atoms with Crippen LogP contribution < -0.4 is 11.3 Å². The fourth-order valence-electron chi connectivity index (χ4n) is 1.86. The van der Waals surface area contributed by atoms with Gasteiger partial charge in [-0.25, -0.2) is 5.43 Å². The van der Waals surface area contributed by atoms with Crippen LogP contribution in [0.1, 0.15) is 18.5 Å². The van der Waals surface area contributed by atoms with E-state index in [4.69, 9.17) is 5.84 Å². The lowest BCUT2D eigenvalue weighted by Gasteiger charge is -2.17. The minimum absolute atomic E-state index is 0.0569. The number of rotatable bonds is 3. The molecule has 0 fully saturated rings. The van der Waals surface area contributed by atoms with Crippen molar-refractivity contribution in [3.63, 3.8) is 0 Å². The second kappa shape index (κ2) is 4.43. The minimum Gasteiger partial charge on any atom is -0.271 e. The Hall–Kier alpha value is -1.71. The Morgan fingerprint density at radius 1 is 1.38 bits per heavy atom. The molecule has 3 nitrogen and oxygen atoms in total. The van der Waals surface area contributed by atoms with E-state index in [1.54, 1.807) is 6.20 Å². The topological polar surface area (TPSA) is 50.9 Å². The molecule has 3 heteroatoms. The van der Waals surface area contributed by atoms with Crippen molar-refractivity contribution in [3.05, 3.63) is 54.2 Å². The van der Waals surface area contributed by atoms with E-state index in [0.717, 1.165) is 22.0 Å². The number of hydrazine groups is 1. The molecule has 0 radical (unpaired) electrons. The van der Waals surface area contributed by atoms with Crippen molar-refractivity contribution in [2.24, 2.45) is 5.84 Å². The highest BCUT2D eigenvalue weighted by molar-refractivity contribution is 5.82. The van der Waals surface area contributed by atoms with Crippen LogP contribution in [0.25, 0.3) is 10.9 Å². The van der Waals surface area contributed by atoms with Gasteiger partial charge in [-0.3, -0.25) is 10.8 Å². The number of pyridine rings is 1. The Kier molecular flexibility index (Phi) is 2.99.